The summed E-state index contributed by atoms with van der Waals surface area (Å²) in [7, 11) is 0. The molecular formula is C22H17N3O3S. The fourth-order valence-corrected chi connectivity index (χ4v) is 4.62. The van der Waals surface area contributed by atoms with Crippen molar-refractivity contribution >= 4 is 33.9 Å². The van der Waals surface area contributed by atoms with Crippen molar-refractivity contribution in [1.82, 2.24) is 0 Å². The maximum Gasteiger partial charge on any atom is 0.338 e. The van der Waals surface area contributed by atoms with Gasteiger partial charge in [-0.1, -0.05) is 24.3 Å². The van der Waals surface area contributed by atoms with Gasteiger partial charge in [0.1, 0.15) is 11.1 Å². The van der Waals surface area contributed by atoms with E-state index in [-0.39, 0.29) is 0 Å². The van der Waals surface area contributed by atoms with E-state index in [2.05, 4.69) is 17.5 Å². The monoisotopic (exact) mass is 403 g/mol. The molecule has 0 atom stereocenters. The van der Waals surface area contributed by atoms with E-state index in [1.165, 1.54) is 29.0 Å². The summed E-state index contributed by atoms with van der Waals surface area (Å²) in [6, 6.07) is 16.5. The molecule has 4 rings (SSSR count). The minimum absolute atomic E-state index is 0.313. The van der Waals surface area contributed by atoms with Gasteiger partial charge in [0.25, 0.3) is 5.91 Å². The molecule has 0 spiro atoms. The number of amides is 1. The van der Waals surface area contributed by atoms with Crippen molar-refractivity contribution < 1.29 is 14.3 Å². The van der Waals surface area contributed by atoms with Crippen LogP contribution < -0.4 is 11.1 Å². The number of hydrogen-bond acceptors (Lipinski definition) is 6. The standard InChI is InChI=1S/C22H17N3O3S/c23-11-18-17-10-7-13-3-1-2-4-16(13)20(17)29-21(18)25-19(26)12-28-22(27)14-5-8-15(24)9-6-14/h1-6,8-9H,7,10,12,24H2,(H,25,26). The lowest BCUT2D eigenvalue weighted by atomic mass is 9.90. The molecule has 0 unspecified atom stereocenters. The van der Waals surface area contributed by atoms with Crippen LogP contribution in [0.1, 0.15) is 27.0 Å². The number of ether oxygens (including phenoxy) is 1. The summed E-state index contributed by atoms with van der Waals surface area (Å²) in [6.07, 6.45) is 1.62. The van der Waals surface area contributed by atoms with Crippen LogP contribution in [0.15, 0.2) is 48.5 Å². The zero-order valence-electron chi connectivity index (χ0n) is 15.4. The van der Waals surface area contributed by atoms with Gasteiger partial charge in [-0.25, -0.2) is 4.79 Å². The Morgan fingerprint density at radius 1 is 1.14 bits per heavy atom. The molecule has 7 heteroatoms. The van der Waals surface area contributed by atoms with Crippen LogP contribution in [0.2, 0.25) is 0 Å². The number of fused-ring (bicyclic) bond motifs is 3. The second-order valence-corrected chi connectivity index (χ2v) is 7.65. The molecule has 29 heavy (non-hydrogen) atoms. The number of esters is 1. The van der Waals surface area contributed by atoms with Gasteiger partial charge >= 0.3 is 5.97 Å². The number of thiophene rings is 1. The highest BCUT2D eigenvalue weighted by atomic mass is 32.1. The van der Waals surface area contributed by atoms with Gasteiger partial charge in [0, 0.05) is 10.6 Å². The van der Waals surface area contributed by atoms with Crippen LogP contribution >= 0.6 is 11.3 Å². The van der Waals surface area contributed by atoms with Crippen LogP contribution in [0.5, 0.6) is 0 Å². The summed E-state index contributed by atoms with van der Waals surface area (Å²) in [4.78, 5) is 25.4. The van der Waals surface area contributed by atoms with Crippen LogP contribution in [0.25, 0.3) is 10.4 Å². The molecule has 1 aromatic heterocycles. The van der Waals surface area contributed by atoms with E-state index in [1.807, 2.05) is 18.2 Å². The van der Waals surface area contributed by atoms with E-state index in [0.29, 0.717) is 21.8 Å². The number of nitrogens with zero attached hydrogens (tertiary/aromatic N) is 1. The molecule has 0 radical (unpaired) electrons. The van der Waals surface area contributed by atoms with Crippen molar-refractivity contribution in [3.8, 4) is 16.5 Å². The molecule has 2 aromatic carbocycles. The van der Waals surface area contributed by atoms with E-state index in [9.17, 15) is 14.9 Å². The molecule has 3 N–H and O–H groups in total. The SMILES string of the molecule is N#Cc1c(NC(=O)COC(=O)c2ccc(N)cc2)sc2c1CCc1ccccc1-2. The first-order chi connectivity index (χ1) is 14.1. The Balaban J connectivity index is 1.48. The number of nitrogens with two attached hydrogens (primary N) is 1. The minimum atomic E-state index is -0.611. The van der Waals surface area contributed by atoms with Crippen LogP contribution in [0.3, 0.4) is 0 Å². The molecule has 0 saturated heterocycles. The Labute approximate surface area is 171 Å². The van der Waals surface area contributed by atoms with Gasteiger partial charge in [-0.05, 0) is 53.8 Å². The average molecular weight is 403 g/mol. The Morgan fingerprint density at radius 3 is 2.66 bits per heavy atom. The van der Waals surface area contributed by atoms with E-state index in [0.717, 1.165) is 28.8 Å². The third-order valence-electron chi connectivity index (χ3n) is 4.76. The van der Waals surface area contributed by atoms with Gasteiger partial charge in [0.05, 0.1) is 11.1 Å². The van der Waals surface area contributed by atoms with Crippen LogP contribution in [0, 0.1) is 11.3 Å². The first kappa shape index (κ1) is 18.7. The van der Waals surface area contributed by atoms with Crippen molar-refractivity contribution in [3.05, 3.63) is 70.8 Å². The fourth-order valence-electron chi connectivity index (χ4n) is 3.34. The number of carbonyl (C=O) groups excluding carboxylic acids is 2. The zero-order chi connectivity index (χ0) is 20.4. The van der Waals surface area contributed by atoms with Gasteiger partial charge in [-0.2, -0.15) is 5.26 Å². The second-order valence-electron chi connectivity index (χ2n) is 6.63. The summed E-state index contributed by atoms with van der Waals surface area (Å²) in [5, 5.41) is 12.8. The summed E-state index contributed by atoms with van der Waals surface area (Å²) in [5.41, 5.74) is 10.2. The predicted octanol–water partition coefficient (Wildman–Crippen LogP) is 3.76. The first-order valence-corrected chi connectivity index (χ1v) is 9.85. The first-order valence-electron chi connectivity index (χ1n) is 9.03. The number of aryl methyl sites for hydroxylation is 1. The molecule has 1 aliphatic rings. The number of carbonyl (C=O) groups is 2. The highest BCUT2D eigenvalue weighted by molar-refractivity contribution is 7.20. The lowest BCUT2D eigenvalue weighted by Crippen LogP contribution is -2.20. The van der Waals surface area contributed by atoms with Crippen molar-refractivity contribution in [2.24, 2.45) is 0 Å². The maximum absolute atomic E-state index is 12.3. The van der Waals surface area contributed by atoms with Crippen molar-refractivity contribution in [2.45, 2.75) is 12.8 Å². The molecule has 0 aliphatic heterocycles. The molecule has 1 heterocycles. The van der Waals surface area contributed by atoms with E-state index in [4.69, 9.17) is 10.5 Å². The summed E-state index contributed by atoms with van der Waals surface area (Å²) < 4.78 is 5.06. The predicted molar refractivity (Wildman–Crippen MR) is 112 cm³/mol. The molecule has 0 fully saturated rings. The van der Waals surface area contributed by atoms with Gasteiger partial charge < -0.3 is 15.8 Å². The molecule has 0 saturated carbocycles. The number of hydrogen-bond donors (Lipinski definition) is 2. The maximum atomic E-state index is 12.3. The van der Waals surface area contributed by atoms with Gasteiger partial charge in [-0.15, -0.1) is 11.3 Å². The summed E-state index contributed by atoms with van der Waals surface area (Å²) >= 11 is 1.38. The normalized spacial score (nSPS) is 11.7. The number of benzene rings is 2. The molecule has 144 valence electrons. The molecule has 1 aliphatic carbocycles. The molecule has 0 bridgehead atoms. The van der Waals surface area contributed by atoms with Crippen molar-refractivity contribution in [3.63, 3.8) is 0 Å². The smallest absolute Gasteiger partial charge is 0.338 e. The van der Waals surface area contributed by atoms with Crippen LogP contribution in [-0.2, 0) is 22.4 Å². The molecule has 3 aromatic rings. The third kappa shape index (κ3) is 3.71. The van der Waals surface area contributed by atoms with E-state index >= 15 is 0 Å². The summed E-state index contributed by atoms with van der Waals surface area (Å²) in [6.45, 7) is -0.437. The van der Waals surface area contributed by atoms with Gasteiger partial charge in [0.2, 0.25) is 0 Å². The second kappa shape index (κ2) is 7.78. The highest BCUT2D eigenvalue weighted by Crippen LogP contribution is 2.44. The number of rotatable bonds is 4. The molecule has 1 amide bonds. The molecular weight excluding hydrogens is 386 g/mol. The van der Waals surface area contributed by atoms with Gasteiger partial charge in [0.15, 0.2) is 6.61 Å². The molecule has 6 nitrogen and oxygen atoms in total. The van der Waals surface area contributed by atoms with E-state index < -0.39 is 18.5 Å². The van der Waals surface area contributed by atoms with Crippen molar-refractivity contribution in [2.75, 3.05) is 17.7 Å². The Hall–Kier alpha value is -3.63. The quantitative estimate of drug-likeness (QED) is 0.510. The largest absolute Gasteiger partial charge is 0.452 e. The van der Waals surface area contributed by atoms with Crippen molar-refractivity contribution in [1.29, 1.82) is 5.26 Å². The average Bonchev–Trinajstić information content (AvgIpc) is 3.10. The number of anilines is 2. The fraction of sp³-hybridized carbons (Fsp3) is 0.136. The lowest BCUT2D eigenvalue weighted by molar-refractivity contribution is -0.119. The third-order valence-corrected chi connectivity index (χ3v) is 5.94. The number of nitriles is 1. The van der Waals surface area contributed by atoms with E-state index in [1.54, 1.807) is 12.1 Å². The van der Waals surface area contributed by atoms with Gasteiger partial charge in [-0.3, -0.25) is 4.79 Å². The Morgan fingerprint density at radius 2 is 1.90 bits per heavy atom. The van der Waals surface area contributed by atoms with Crippen LogP contribution in [-0.4, -0.2) is 18.5 Å². The zero-order valence-corrected chi connectivity index (χ0v) is 16.2. The number of nitrogen functional groups attached to an aromatic ring is 1. The highest BCUT2D eigenvalue weighted by Gasteiger charge is 2.25. The Bertz CT molecular complexity index is 1140. The topological polar surface area (TPSA) is 105 Å². The Kier molecular flexibility index (Phi) is 5.02. The lowest BCUT2D eigenvalue weighted by Gasteiger charge is -2.15. The summed E-state index contributed by atoms with van der Waals surface area (Å²) in [5.74, 6) is -1.10. The van der Waals surface area contributed by atoms with Crippen LogP contribution in [0.4, 0.5) is 10.7 Å². The number of nitrogens with one attached hydrogen (secondary N) is 1. The minimum Gasteiger partial charge on any atom is -0.452 e.